The van der Waals surface area contributed by atoms with Gasteiger partial charge in [0.05, 0.1) is 42.0 Å². The molecule has 182 valence electrons. The van der Waals surface area contributed by atoms with Crippen LogP contribution in [0.4, 0.5) is 14.9 Å². The number of pyridine rings is 1. The van der Waals surface area contributed by atoms with Crippen LogP contribution >= 0.6 is 23.4 Å². The zero-order chi connectivity index (χ0) is 25.6. The minimum absolute atomic E-state index is 0.0200. The summed E-state index contributed by atoms with van der Waals surface area (Å²) in [7, 11) is 1.36. The Hall–Kier alpha value is -3.61. The molecule has 1 aromatic heterocycles. The van der Waals surface area contributed by atoms with Crippen LogP contribution in [0.2, 0.25) is 5.02 Å². The van der Waals surface area contributed by atoms with Crippen LogP contribution in [-0.4, -0.2) is 46.8 Å². The molecule has 0 aliphatic carbocycles. The second-order valence-corrected chi connectivity index (χ2v) is 10.1. The first-order valence-electron chi connectivity index (χ1n) is 11.1. The first-order chi connectivity index (χ1) is 17.3. The Labute approximate surface area is 216 Å². The number of anilines is 1. The summed E-state index contributed by atoms with van der Waals surface area (Å²) in [5.41, 5.74) is 0.882. The number of carbonyl (C=O) groups is 2. The number of thioether (sulfide) groups is 1. The molecule has 10 heteroatoms. The van der Waals surface area contributed by atoms with Gasteiger partial charge in [0.15, 0.2) is 11.6 Å². The molecule has 0 bridgehead atoms. The molecule has 3 heterocycles. The summed E-state index contributed by atoms with van der Waals surface area (Å²) >= 11 is 7.61. The van der Waals surface area contributed by atoms with Crippen LogP contribution in [0.3, 0.4) is 0 Å². The maximum Gasteiger partial charge on any atom is 0.332 e. The number of halogens is 2. The number of hydrogen-bond acceptors (Lipinski definition) is 6. The highest BCUT2D eigenvalue weighted by Crippen LogP contribution is 2.48. The fourth-order valence-electron chi connectivity index (χ4n) is 4.48. The molecule has 5 rings (SSSR count). The van der Waals surface area contributed by atoms with Gasteiger partial charge in [-0.05, 0) is 25.1 Å². The number of carbonyl (C=O) groups excluding carboxylic acids is 2. The van der Waals surface area contributed by atoms with Gasteiger partial charge in [-0.25, -0.2) is 14.1 Å². The van der Waals surface area contributed by atoms with E-state index in [2.05, 4.69) is 11.1 Å². The van der Waals surface area contributed by atoms with E-state index < -0.39 is 35.0 Å². The van der Waals surface area contributed by atoms with E-state index in [1.165, 1.54) is 36.0 Å². The topological polar surface area (TPSA) is 86.5 Å². The van der Waals surface area contributed by atoms with E-state index in [-0.39, 0.29) is 17.3 Å². The van der Waals surface area contributed by atoms with Crippen molar-refractivity contribution in [2.75, 3.05) is 18.6 Å². The Bertz CT molecular complexity index is 1470. The van der Waals surface area contributed by atoms with Crippen molar-refractivity contribution in [2.45, 2.75) is 18.2 Å². The molecule has 0 spiro atoms. The van der Waals surface area contributed by atoms with Gasteiger partial charge in [0.2, 0.25) is 0 Å². The Morgan fingerprint density at radius 2 is 2.06 bits per heavy atom. The van der Waals surface area contributed by atoms with Gasteiger partial charge in [0, 0.05) is 34.0 Å². The van der Waals surface area contributed by atoms with Gasteiger partial charge in [-0.15, -0.1) is 11.8 Å². The molecule has 0 saturated carbocycles. The monoisotopic (exact) mass is 522 g/mol. The molecule has 36 heavy (non-hydrogen) atoms. The third-order valence-corrected chi connectivity index (χ3v) is 7.89. The molecule has 3 unspecified atom stereocenters. The van der Waals surface area contributed by atoms with E-state index in [9.17, 15) is 19.2 Å². The number of amides is 3. The van der Waals surface area contributed by atoms with E-state index in [1.807, 2.05) is 24.3 Å². The lowest BCUT2D eigenvalue weighted by Crippen LogP contribution is -2.62. The van der Waals surface area contributed by atoms with Crippen LogP contribution in [0.25, 0.3) is 15.7 Å². The first-order valence-corrected chi connectivity index (χ1v) is 12.4. The van der Waals surface area contributed by atoms with Crippen LogP contribution in [0.5, 0.6) is 5.75 Å². The Morgan fingerprint density at radius 1 is 1.28 bits per heavy atom. The van der Waals surface area contributed by atoms with Crippen molar-refractivity contribution in [2.24, 2.45) is 5.92 Å². The number of rotatable bonds is 5. The molecule has 0 radical (unpaired) electrons. The fourth-order valence-corrected chi connectivity index (χ4v) is 6.15. The first kappa shape index (κ1) is 24.1. The van der Waals surface area contributed by atoms with Crippen molar-refractivity contribution in [3.05, 3.63) is 71.3 Å². The highest BCUT2D eigenvalue weighted by Gasteiger charge is 2.50. The highest BCUT2D eigenvalue weighted by molar-refractivity contribution is 8.09. The number of imide groups is 1. The summed E-state index contributed by atoms with van der Waals surface area (Å²) in [6, 6.07) is 11.1. The maximum absolute atomic E-state index is 14.2. The van der Waals surface area contributed by atoms with Crippen molar-refractivity contribution in [1.29, 1.82) is 5.26 Å². The Kier molecular flexibility index (Phi) is 6.33. The molecule has 2 aromatic carbocycles. The van der Waals surface area contributed by atoms with Crippen molar-refractivity contribution >= 4 is 56.7 Å². The molecule has 3 atom stereocenters. The fraction of sp³-hybridized carbons (Fsp3) is 0.231. The van der Waals surface area contributed by atoms with Gasteiger partial charge in [0.1, 0.15) is 5.25 Å². The third kappa shape index (κ3) is 3.96. The zero-order valence-electron chi connectivity index (χ0n) is 19.3. The van der Waals surface area contributed by atoms with Gasteiger partial charge in [0.25, 0.3) is 5.91 Å². The van der Waals surface area contributed by atoms with E-state index in [0.29, 0.717) is 21.5 Å². The summed E-state index contributed by atoms with van der Waals surface area (Å²) in [5.74, 6) is -1.44. The third-order valence-electron chi connectivity index (χ3n) is 6.23. The van der Waals surface area contributed by atoms with Gasteiger partial charge >= 0.3 is 6.03 Å². The number of urea groups is 1. The van der Waals surface area contributed by atoms with Gasteiger partial charge in [-0.3, -0.25) is 9.78 Å². The van der Waals surface area contributed by atoms with E-state index >= 15 is 0 Å². The Morgan fingerprint density at radius 3 is 2.81 bits per heavy atom. The second kappa shape index (κ2) is 9.45. The molecule has 2 aliphatic heterocycles. The standard InChI is InChI=1S/C26H20ClFN4O3S/c1-14(10-29)13-31-20-9-23(17-7-22(35-2)19(28)8-18(17)27)36-24(20)25(33)32(26(31)34)21-12-30-11-15-5-3-4-6-16(15)21/h3-9,11-12,14,20,24H,13H2,1-2H3. The van der Waals surface area contributed by atoms with E-state index in [4.69, 9.17) is 16.3 Å². The minimum atomic E-state index is -0.685. The van der Waals surface area contributed by atoms with Crippen LogP contribution < -0.4 is 9.64 Å². The number of fused-ring (bicyclic) bond motifs is 2. The summed E-state index contributed by atoms with van der Waals surface area (Å²) < 4.78 is 19.3. The van der Waals surface area contributed by atoms with Crippen LogP contribution in [0, 0.1) is 23.1 Å². The number of nitrogens with zero attached hydrogens (tertiary/aromatic N) is 4. The van der Waals surface area contributed by atoms with Crippen molar-refractivity contribution in [1.82, 2.24) is 9.88 Å². The lowest BCUT2D eigenvalue weighted by atomic mass is 10.0. The minimum Gasteiger partial charge on any atom is -0.494 e. The maximum atomic E-state index is 14.2. The van der Waals surface area contributed by atoms with Crippen LogP contribution in [0.1, 0.15) is 12.5 Å². The number of methoxy groups -OCH3 is 1. The van der Waals surface area contributed by atoms with Gasteiger partial charge in [-0.1, -0.05) is 35.9 Å². The molecular formula is C26H20ClFN4O3S. The summed E-state index contributed by atoms with van der Waals surface area (Å²) in [6.45, 7) is 1.85. The number of aromatic nitrogens is 1. The van der Waals surface area contributed by atoms with E-state index in [1.54, 1.807) is 19.2 Å². The molecule has 1 saturated heterocycles. The number of ether oxygens (including phenoxy) is 1. The molecule has 7 nitrogen and oxygen atoms in total. The average Bonchev–Trinajstić information content (AvgIpc) is 3.32. The second-order valence-electron chi connectivity index (χ2n) is 8.55. The van der Waals surface area contributed by atoms with Gasteiger partial charge < -0.3 is 9.64 Å². The van der Waals surface area contributed by atoms with Crippen LogP contribution in [0.15, 0.2) is 54.9 Å². The summed E-state index contributed by atoms with van der Waals surface area (Å²) in [4.78, 5) is 35.2. The Balaban J connectivity index is 1.60. The van der Waals surface area contributed by atoms with E-state index in [0.717, 1.165) is 16.4 Å². The number of nitriles is 1. The largest absolute Gasteiger partial charge is 0.494 e. The lowest BCUT2D eigenvalue weighted by Gasteiger charge is -2.41. The molecule has 3 amide bonds. The summed E-state index contributed by atoms with van der Waals surface area (Å²) in [5, 5.41) is 10.4. The van der Waals surface area contributed by atoms with Crippen molar-refractivity contribution in [3.63, 3.8) is 0 Å². The molecule has 1 fully saturated rings. The summed E-state index contributed by atoms with van der Waals surface area (Å²) in [6.07, 6.45) is 4.95. The van der Waals surface area contributed by atoms with Gasteiger partial charge in [-0.2, -0.15) is 5.26 Å². The molecule has 0 N–H and O–H groups in total. The lowest BCUT2D eigenvalue weighted by molar-refractivity contribution is -0.119. The quantitative estimate of drug-likeness (QED) is 0.440. The molecular weight excluding hydrogens is 503 g/mol. The van der Waals surface area contributed by atoms with Crippen LogP contribution in [-0.2, 0) is 4.79 Å². The predicted molar refractivity (Wildman–Crippen MR) is 137 cm³/mol. The zero-order valence-corrected chi connectivity index (χ0v) is 20.9. The average molecular weight is 523 g/mol. The molecule has 2 aliphatic rings. The molecule has 3 aromatic rings. The normalized spacial score (nSPS) is 20.2. The van der Waals surface area contributed by atoms with Crippen molar-refractivity contribution in [3.8, 4) is 11.8 Å². The highest BCUT2D eigenvalue weighted by atomic mass is 35.5. The predicted octanol–water partition coefficient (Wildman–Crippen LogP) is 5.49. The SMILES string of the molecule is COc1cc(C2=CC3C(S2)C(=O)N(c2cncc4ccccc24)C(=O)N3CC(C)C#N)c(Cl)cc1F. The number of benzene rings is 2. The number of hydrogen-bond donors (Lipinski definition) is 0. The van der Waals surface area contributed by atoms with Crippen molar-refractivity contribution < 1.29 is 18.7 Å². The smallest absolute Gasteiger partial charge is 0.332 e.